The van der Waals surface area contributed by atoms with Crippen LogP contribution in [-0.4, -0.2) is 17.8 Å². The van der Waals surface area contributed by atoms with Gasteiger partial charge in [0.25, 0.3) is 0 Å². The third kappa shape index (κ3) is 2.76. The molecule has 0 amide bonds. The minimum Gasteiger partial charge on any atom is -0.548 e. The Morgan fingerprint density at radius 1 is 1.91 bits per heavy atom. The first-order valence-corrected chi connectivity index (χ1v) is 5.99. The van der Waals surface area contributed by atoms with Crippen molar-refractivity contribution in [3.8, 4) is 0 Å². The van der Waals surface area contributed by atoms with E-state index in [1.807, 2.05) is 11.5 Å². The van der Waals surface area contributed by atoms with Crippen LogP contribution in [0, 0.1) is 0 Å². The Balaban J connectivity index is 2.25. The van der Waals surface area contributed by atoms with Crippen LogP contribution < -0.4 is 9.83 Å². The van der Waals surface area contributed by atoms with Crippen LogP contribution in [0.2, 0.25) is 0 Å². The first-order valence-electron chi connectivity index (χ1n) is 3.20. The van der Waals surface area contributed by atoms with Gasteiger partial charge in [-0.05, 0) is 13.0 Å². The maximum Gasteiger partial charge on any atom is 0.160 e. The maximum absolute atomic E-state index is 10.3. The summed E-state index contributed by atoms with van der Waals surface area (Å²) in [6, 6.07) is -0.550. The molecular weight excluding hydrogens is 182 g/mol. The van der Waals surface area contributed by atoms with E-state index >= 15 is 0 Å². The molecule has 0 aromatic heterocycles. The zero-order valence-corrected chi connectivity index (χ0v) is 7.71. The van der Waals surface area contributed by atoms with Gasteiger partial charge < -0.3 is 9.90 Å². The molecule has 0 bridgehead atoms. The molecule has 0 saturated carbocycles. The van der Waals surface area contributed by atoms with Crippen LogP contribution in [0.5, 0.6) is 0 Å². The van der Waals surface area contributed by atoms with Crippen molar-refractivity contribution in [2.75, 3.05) is 5.75 Å². The quantitative estimate of drug-likeness (QED) is 0.479. The molecule has 0 radical (unpaired) electrons. The fourth-order valence-corrected chi connectivity index (χ4v) is 3.73. The number of carboxylic acids is 1. The second kappa shape index (κ2) is 4.04. The van der Waals surface area contributed by atoms with Crippen molar-refractivity contribution in [3.63, 3.8) is 0 Å². The van der Waals surface area contributed by atoms with Crippen LogP contribution in [-0.2, 0) is 14.9 Å². The Bertz CT molecular complexity index is 175. The SMILES string of the molecule is C[C@H](N[S+]1CC=CS1)C(=O)[O-]. The summed E-state index contributed by atoms with van der Waals surface area (Å²) < 4.78 is 2.94. The maximum atomic E-state index is 10.3. The van der Waals surface area contributed by atoms with Crippen LogP contribution >= 0.6 is 10.8 Å². The Kier molecular flexibility index (Phi) is 3.29. The number of carbonyl (C=O) groups excluding carboxylic acids is 1. The topological polar surface area (TPSA) is 52.2 Å². The monoisotopic (exact) mass is 191 g/mol. The molecule has 0 aromatic carbocycles. The summed E-state index contributed by atoms with van der Waals surface area (Å²) in [6.45, 7) is 1.60. The smallest absolute Gasteiger partial charge is 0.160 e. The van der Waals surface area contributed by atoms with Gasteiger partial charge >= 0.3 is 0 Å². The minimum atomic E-state index is -1.04. The summed E-state index contributed by atoms with van der Waals surface area (Å²) in [5, 5.41) is 12.3. The highest BCUT2D eigenvalue weighted by atomic mass is 33.1. The normalized spacial score (nSPS) is 25.4. The lowest BCUT2D eigenvalue weighted by atomic mass is 10.4. The number of hydrogen-bond acceptors (Lipinski definition) is 4. The molecule has 3 nitrogen and oxygen atoms in total. The van der Waals surface area contributed by atoms with E-state index < -0.39 is 12.0 Å². The van der Waals surface area contributed by atoms with Crippen LogP contribution in [0.3, 0.4) is 0 Å². The van der Waals surface area contributed by atoms with Crippen LogP contribution in [0.15, 0.2) is 11.5 Å². The van der Waals surface area contributed by atoms with Gasteiger partial charge in [0.05, 0.1) is 12.0 Å². The van der Waals surface area contributed by atoms with E-state index in [2.05, 4.69) is 4.72 Å². The molecule has 5 heteroatoms. The Labute approximate surface area is 72.1 Å². The Morgan fingerprint density at radius 3 is 3.09 bits per heavy atom. The highest BCUT2D eigenvalue weighted by molar-refractivity contribution is 8.75. The molecule has 0 aromatic rings. The molecule has 0 fully saturated rings. The average molecular weight is 191 g/mol. The largest absolute Gasteiger partial charge is 0.548 e. The molecule has 1 unspecified atom stereocenters. The number of hydrogen-bond donors (Lipinski definition) is 1. The molecule has 1 aliphatic heterocycles. The number of nitrogens with one attached hydrogen (secondary N) is 1. The van der Waals surface area contributed by atoms with E-state index in [1.165, 1.54) is 0 Å². The van der Waals surface area contributed by atoms with Crippen molar-refractivity contribution in [3.05, 3.63) is 11.5 Å². The van der Waals surface area contributed by atoms with Gasteiger partial charge in [0.1, 0.15) is 10.8 Å². The van der Waals surface area contributed by atoms with Crippen molar-refractivity contribution < 1.29 is 9.90 Å². The van der Waals surface area contributed by atoms with Gasteiger partial charge in [-0.15, -0.1) is 4.72 Å². The van der Waals surface area contributed by atoms with E-state index in [1.54, 1.807) is 17.7 Å². The van der Waals surface area contributed by atoms with Crippen molar-refractivity contribution in [2.24, 2.45) is 0 Å². The van der Waals surface area contributed by atoms with Gasteiger partial charge in [0.2, 0.25) is 0 Å². The molecule has 1 N–H and O–H groups in total. The van der Waals surface area contributed by atoms with Crippen molar-refractivity contribution in [2.45, 2.75) is 13.0 Å². The van der Waals surface area contributed by atoms with E-state index in [-0.39, 0.29) is 10.1 Å². The van der Waals surface area contributed by atoms with Crippen LogP contribution in [0.1, 0.15) is 6.92 Å². The Morgan fingerprint density at radius 2 is 2.64 bits per heavy atom. The third-order valence-corrected chi connectivity index (χ3v) is 4.55. The van der Waals surface area contributed by atoms with E-state index in [9.17, 15) is 9.90 Å². The highest BCUT2D eigenvalue weighted by Crippen LogP contribution is 2.21. The second-order valence-corrected chi connectivity index (χ2v) is 5.65. The third-order valence-electron chi connectivity index (χ3n) is 1.18. The first kappa shape index (κ1) is 8.96. The molecule has 11 heavy (non-hydrogen) atoms. The Hall–Kier alpha value is -0.130. The fraction of sp³-hybridized carbons (Fsp3) is 0.500. The van der Waals surface area contributed by atoms with Gasteiger partial charge in [-0.2, -0.15) is 0 Å². The van der Waals surface area contributed by atoms with E-state index in [0.29, 0.717) is 0 Å². The van der Waals surface area contributed by atoms with Gasteiger partial charge in [-0.3, -0.25) is 0 Å². The lowest BCUT2D eigenvalue weighted by Gasteiger charge is -2.10. The predicted molar refractivity (Wildman–Crippen MR) is 46.6 cm³/mol. The number of carboxylic acid groups (broad SMARTS) is 1. The molecular formula is C6H9NO2S2. The van der Waals surface area contributed by atoms with E-state index in [0.717, 1.165) is 5.75 Å². The average Bonchev–Trinajstić information content (AvgIpc) is 2.39. The molecule has 0 spiro atoms. The molecule has 0 saturated heterocycles. The molecule has 1 heterocycles. The van der Waals surface area contributed by atoms with Gasteiger partial charge in [-0.1, -0.05) is 0 Å². The molecule has 2 atom stereocenters. The van der Waals surface area contributed by atoms with Crippen LogP contribution in [0.4, 0.5) is 0 Å². The summed E-state index contributed by atoms with van der Waals surface area (Å²) >= 11 is 0. The van der Waals surface area contributed by atoms with Crippen molar-refractivity contribution >= 4 is 26.9 Å². The molecule has 0 aliphatic carbocycles. The van der Waals surface area contributed by atoms with Crippen molar-refractivity contribution in [1.82, 2.24) is 4.72 Å². The predicted octanol–water partition coefficient (Wildman–Crippen LogP) is -0.577. The molecule has 1 rings (SSSR count). The minimum absolute atomic E-state index is 0.0432. The molecule has 1 aliphatic rings. The lowest BCUT2D eigenvalue weighted by molar-refractivity contribution is -0.307. The summed E-state index contributed by atoms with van der Waals surface area (Å²) in [7, 11) is 1.59. The first-order chi connectivity index (χ1) is 5.20. The standard InChI is InChI=1S/C6H9NO2S2/c1-5(6(8)9)7-11-4-2-3-10-11/h2-3,5,7H,4H2,1H3/t5-,11?/m0/s1. The molecule has 62 valence electrons. The van der Waals surface area contributed by atoms with Gasteiger partial charge in [0, 0.05) is 5.41 Å². The number of carbonyl (C=O) groups is 1. The summed E-state index contributed by atoms with van der Waals surface area (Å²) in [4.78, 5) is 10.3. The van der Waals surface area contributed by atoms with Crippen LogP contribution in [0.25, 0.3) is 0 Å². The highest BCUT2D eigenvalue weighted by Gasteiger charge is 2.24. The van der Waals surface area contributed by atoms with Crippen molar-refractivity contribution in [1.29, 1.82) is 0 Å². The zero-order chi connectivity index (χ0) is 8.27. The van der Waals surface area contributed by atoms with E-state index in [4.69, 9.17) is 0 Å². The number of rotatable bonds is 3. The van der Waals surface area contributed by atoms with Gasteiger partial charge in [0.15, 0.2) is 15.9 Å². The number of aliphatic carboxylic acids is 1. The summed E-state index contributed by atoms with van der Waals surface area (Å²) in [5.74, 6) is -0.118. The summed E-state index contributed by atoms with van der Waals surface area (Å²) in [5.41, 5.74) is 0. The second-order valence-electron chi connectivity index (χ2n) is 2.14. The fourth-order valence-electron chi connectivity index (χ4n) is 0.593. The summed E-state index contributed by atoms with van der Waals surface area (Å²) in [6.07, 6.45) is 2.03. The zero-order valence-electron chi connectivity index (χ0n) is 6.07. The van der Waals surface area contributed by atoms with Gasteiger partial charge in [-0.25, -0.2) is 0 Å². The lowest BCUT2D eigenvalue weighted by Crippen LogP contribution is -2.45.